The maximum absolute atomic E-state index is 5.74. The molecule has 2 rings (SSSR count). The number of ether oxygens (including phenoxy) is 1. The molecule has 0 aliphatic rings. The van der Waals surface area contributed by atoms with Gasteiger partial charge >= 0.3 is 0 Å². The molecule has 5 nitrogen and oxygen atoms in total. The van der Waals surface area contributed by atoms with E-state index in [0.717, 1.165) is 17.9 Å². The maximum Gasteiger partial charge on any atom is 0.0841 e. The van der Waals surface area contributed by atoms with Crippen molar-refractivity contribution in [1.82, 2.24) is 20.3 Å². The van der Waals surface area contributed by atoms with Gasteiger partial charge in [-0.05, 0) is 32.5 Å². The normalized spacial score (nSPS) is 14.2. The number of hydrogen-bond acceptors (Lipinski definition) is 4. The molecule has 2 unspecified atom stereocenters. The van der Waals surface area contributed by atoms with Crippen molar-refractivity contribution in [2.75, 3.05) is 13.2 Å². The number of hydrogen-bond donors (Lipinski definition) is 1. The summed E-state index contributed by atoms with van der Waals surface area (Å²) in [5.41, 5.74) is 2.02. The van der Waals surface area contributed by atoms with E-state index in [0.29, 0.717) is 6.61 Å². The Morgan fingerprint density at radius 1 is 1.25 bits per heavy atom. The average molecular weight is 274 g/mol. The summed E-state index contributed by atoms with van der Waals surface area (Å²) in [6.45, 7) is 7.71. The van der Waals surface area contributed by atoms with Crippen LogP contribution in [0.3, 0.4) is 0 Å². The lowest BCUT2D eigenvalue weighted by Crippen LogP contribution is -2.33. The number of aromatic nitrogens is 3. The smallest absolute Gasteiger partial charge is 0.0841 e. The molecule has 0 aliphatic heterocycles. The zero-order chi connectivity index (χ0) is 14.4. The standard InChI is InChI=1S/C15H22N4O/c1-4-16-15(12(3)20-5-2)14-11-17-18-19(14)13-9-7-6-8-10-13/h6-12,15-16H,4-5H2,1-3H3. The minimum absolute atomic E-state index is 0.0564. The molecule has 0 fully saturated rings. The van der Waals surface area contributed by atoms with Crippen molar-refractivity contribution < 1.29 is 4.74 Å². The van der Waals surface area contributed by atoms with Gasteiger partial charge in [-0.2, -0.15) is 0 Å². The summed E-state index contributed by atoms with van der Waals surface area (Å²) >= 11 is 0. The molecule has 20 heavy (non-hydrogen) atoms. The van der Waals surface area contributed by atoms with Gasteiger partial charge < -0.3 is 10.1 Å². The minimum atomic E-state index is 0.0564. The fourth-order valence-electron chi connectivity index (χ4n) is 2.31. The molecule has 0 bridgehead atoms. The third-order valence-corrected chi connectivity index (χ3v) is 3.22. The highest BCUT2D eigenvalue weighted by atomic mass is 16.5. The van der Waals surface area contributed by atoms with Crippen LogP contribution in [0, 0.1) is 0 Å². The lowest BCUT2D eigenvalue weighted by molar-refractivity contribution is 0.0459. The zero-order valence-corrected chi connectivity index (χ0v) is 12.3. The van der Waals surface area contributed by atoms with E-state index in [1.54, 1.807) is 6.20 Å². The Morgan fingerprint density at radius 3 is 2.65 bits per heavy atom. The van der Waals surface area contributed by atoms with Crippen molar-refractivity contribution in [2.24, 2.45) is 0 Å². The monoisotopic (exact) mass is 274 g/mol. The van der Waals surface area contributed by atoms with Crippen LogP contribution in [0.1, 0.15) is 32.5 Å². The van der Waals surface area contributed by atoms with Crippen LogP contribution in [0.2, 0.25) is 0 Å². The average Bonchev–Trinajstić information content (AvgIpc) is 2.95. The Bertz CT molecular complexity index is 512. The van der Waals surface area contributed by atoms with Gasteiger partial charge in [0.05, 0.1) is 29.7 Å². The van der Waals surface area contributed by atoms with Crippen molar-refractivity contribution in [3.05, 3.63) is 42.2 Å². The molecule has 0 radical (unpaired) electrons. The van der Waals surface area contributed by atoms with Crippen LogP contribution in [0.25, 0.3) is 5.69 Å². The number of benzene rings is 1. The Hall–Kier alpha value is -1.72. The lowest BCUT2D eigenvalue weighted by Gasteiger charge is -2.24. The number of nitrogens with one attached hydrogen (secondary N) is 1. The summed E-state index contributed by atoms with van der Waals surface area (Å²) in [4.78, 5) is 0. The molecule has 0 amide bonds. The molecule has 2 aromatic rings. The first-order chi connectivity index (χ1) is 9.77. The van der Waals surface area contributed by atoms with Gasteiger partial charge in [-0.3, -0.25) is 0 Å². The van der Waals surface area contributed by atoms with E-state index >= 15 is 0 Å². The van der Waals surface area contributed by atoms with Crippen LogP contribution in [0.15, 0.2) is 36.5 Å². The molecule has 0 spiro atoms. The number of likely N-dealkylation sites (N-methyl/N-ethyl adjacent to an activating group) is 1. The van der Waals surface area contributed by atoms with Crippen LogP contribution in [-0.2, 0) is 4.74 Å². The van der Waals surface area contributed by atoms with E-state index < -0.39 is 0 Å². The van der Waals surface area contributed by atoms with Crippen LogP contribution in [-0.4, -0.2) is 34.2 Å². The van der Waals surface area contributed by atoms with Gasteiger partial charge in [-0.15, -0.1) is 5.10 Å². The molecule has 108 valence electrons. The fourth-order valence-corrected chi connectivity index (χ4v) is 2.31. The Labute approximate surface area is 120 Å². The molecule has 5 heteroatoms. The molecular formula is C15H22N4O. The second-order valence-electron chi connectivity index (χ2n) is 4.60. The van der Waals surface area contributed by atoms with Crippen LogP contribution in [0.4, 0.5) is 0 Å². The quantitative estimate of drug-likeness (QED) is 0.842. The number of para-hydroxylation sites is 1. The van der Waals surface area contributed by atoms with E-state index in [4.69, 9.17) is 4.74 Å². The highest BCUT2D eigenvalue weighted by Crippen LogP contribution is 2.21. The van der Waals surface area contributed by atoms with E-state index in [2.05, 4.69) is 29.5 Å². The Balaban J connectivity index is 2.33. The predicted molar refractivity (Wildman–Crippen MR) is 78.9 cm³/mol. The maximum atomic E-state index is 5.74. The first-order valence-corrected chi connectivity index (χ1v) is 7.08. The second kappa shape index (κ2) is 7.17. The van der Waals surface area contributed by atoms with Gasteiger partial charge in [0.1, 0.15) is 0 Å². The molecule has 0 aliphatic carbocycles. The summed E-state index contributed by atoms with van der Waals surface area (Å²) < 4.78 is 7.60. The van der Waals surface area contributed by atoms with Crippen molar-refractivity contribution >= 4 is 0 Å². The number of rotatable bonds is 7. The van der Waals surface area contributed by atoms with Gasteiger partial charge in [0.25, 0.3) is 0 Å². The van der Waals surface area contributed by atoms with Crippen LogP contribution >= 0.6 is 0 Å². The van der Waals surface area contributed by atoms with Gasteiger partial charge in [0.2, 0.25) is 0 Å². The molecule has 1 heterocycles. The fraction of sp³-hybridized carbons (Fsp3) is 0.467. The van der Waals surface area contributed by atoms with E-state index in [1.165, 1.54) is 0 Å². The lowest BCUT2D eigenvalue weighted by atomic mass is 10.1. The van der Waals surface area contributed by atoms with Crippen molar-refractivity contribution in [3.8, 4) is 5.69 Å². The minimum Gasteiger partial charge on any atom is -0.377 e. The summed E-state index contributed by atoms with van der Waals surface area (Å²) in [5.74, 6) is 0. The van der Waals surface area contributed by atoms with Crippen molar-refractivity contribution in [3.63, 3.8) is 0 Å². The van der Waals surface area contributed by atoms with Gasteiger partial charge in [-0.25, -0.2) is 4.68 Å². The van der Waals surface area contributed by atoms with Crippen molar-refractivity contribution in [1.29, 1.82) is 0 Å². The molecule has 1 N–H and O–H groups in total. The van der Waals surface area contributed by atoms with Gasteiger partial charge in [0.15, 0.2) is 0 Å². The topological polar surface area (TPSA) is 52.0 Å². The predicted octanol–water partition coefficient (Wildman–Crippen LogP) is 2.34. The summed E-state index contributed by atoms with van der Waals surface area (Å²) in [6, 6.07) is 10.1. The molecule has 1 aromatic carbocycles. The molecule has 0 saturated carbocycles. The Kier molecular flexibility index (Phi) is 5.26. The zero-order valence-electron chi connectivity index (χ0n) is 12.3. The molecule has 0 saturated heterocycles. The number of nitrogens with zero attached hydrogens (tertiary/aromatic N) is 3. The SMILES string of the molecule is CCNC(c1cnnn1-c1ccccc1)C(C)OCC. The van der Waals surface area contributed by atoms with Crippen LogP contribution in [0.5, 0.6) is 0 Å². The first kappa shape index (κ1) is 14.7. The molecule has 2 atom stereocenters. The van der Waals surface area contributed by atoms with E-state index in [1.807, 2.05) is 41.9 Å². The van der Waals surface area contributed by atoms with Gasteiger partial charge in [-0.1, -0.05) is 30.3 Å². The van der Waals surface area contributed by atoms with Gasteiger partial charge in [0, 0.05) is 6.61 Å². The summed E-state index contributed by atoms with van der Waals surface area (Å²) in [5, 5.41) is 11.7. The highest BCUT2D eigenvalue weighted by molar-refractivity contribution is 5.32. The third kappa shape index (κ3) is 3.23. The van der Waals surface area contributed by atoms with E-state index in [-0.39, 0.29) is 12.1 Å². The first-order valence-electron chi connectivity index (χ1n) is 7.08. The van der Waals surface area contributed by atoms with Crippen LogP contribution < -0.4 is 5.32 Å². The Morgan fingerprint density at radius 2 is 2.00 bits per heavy atom. The molecular weight excluding hydrogens is 252 g/mol. The highest BCUT2D eigenvalue weighted by Gasteiger charge is 2.23. The third-order valence-electron chi connectivity index (χ3n) is 3.22. The largest absolute Gasteiger partial charge is 0.377 e. The molecule has 1 aromatic heterocycles. The second-order valence-corrected chi connectivity index (χ2v) is 4.60. The van der Waals surface area contributed by atoms with Crippen molar-refractivity contribution in [2.45, 2.75) is 32.9 Å². The summed E-state index contributed by atoms with van der Waals surface area (Å²) in [7, 11) is 0. The van der Waals surface area contributed by atoms with E-state index in [9.17, 15) is 0 Å². The summed E-state index contributed by atoms with van der Waals surface area (Å²) in [6.07, 6.45) is 1.86.